The third-order valence-electron chi connectivity index (χ3n) is 2.71. The molecule has 0 fully saturated rings. The minimum absolute atomic E-state index is 0.354. The third-order valence-corrected chi connectivity index (χ3v) is 5.24. The van der Waals surface area contributed by atoms with E-state index < -0.39 is 9.15 Å². The van der Waals surface area contributed by atoms with Crippen molar-refractivity contribution in [3.8, 4) is 5.88 Å². The lowest BCUT2D eigenvalue weighted by Crippen LogP contribution is -2.19. The molecule has 0 radical (unpaired) electrons. The average Bonchev–Trinajstić information content (AvgIpc) is 2.45. The van der Waals surface area contributed by atoms with Gasteiger partial charge >= 0.3 is 9.15 Å². The second-order valence-corrected chi connectivity index (χ2v) is 8.96. The summed E-state index contributed by atoms with van der Waals surface area (Å²) in [5.41, 5.74) is 0. The van der Waals surface area contributed by atoms with Gasteiger partial charge in [-0.3, -0.25) is 4.55 Å². The normalized spacial score (nSPS) is 11.5. The monoisotopic (exact) mass is 412 g/mol. The summed E-state index contributed by atoms with van der Waals surface area (Å²) in [6, 6.07) is 3.73. The van der Waals surface area contributed by atoms with Gasteiger partial charge in [0.2, 0.25) is 5.88 Å². The van der Waals surface area contributed by atoms with Gasteiger partial charge in [0, 0.05) is 29.0 Å². The van der Waals surface area contributed by atoms with Crippen LogP contribution in [0.25, 0.3) is 0 Å². The molecule has 6 nitrogen and oxygen atoms in total. The summed E-state index contributed by atoms with van der Waals surface area (Å²) >= 11 is 3.32. The first-order chi connectivity index (χ1) is 10.5. The Morgan fingerprint density at radius 1 is 1.23 bits per heavy atom. The number of nitrogens with zero attached hydrogens (tertiary/aromatic N) is 1. The van der Waals surface area contributed by atoms with E-state index in [0.29, 0.717) is 35.6 Å². The highest BCUT2D eigenvalue weighted by Gasteiger charge is 2.03. The van der Waals surface area contributed by atoms with Crippen molar-refractivity contribution in [2.24, 2.45) is 0 Å². The molecule has 0 atom stereocenters. The second kappa shape index (κ2) is 11.2. The summed E-state index contributed by atoms with van der Waals surface area (Å²) in [7, 11) is -3.36. The van der Waals surface area contributed by atoms with Gasteiger partial charge in [0.25, 0.3) is 0 Å². The maximum absolute atomic E-state index is 10.5. The number of hydrogen-bond acceptors (Lipinski definition) is 6. The van der Waals surface area contributed by atoms with Crippen LogP contribution in [0.15, 0.2) is 22.8 Å². The van der Waals surface area contributed by atoms with E-state index in [0.717, 1.165) is 36.7 Å². The van der Waals surface area contributed by atoms with Crippen molar-refractivity contribution in [1.82, 2.24) is 10.3 Å². The number of ether oxygens (including phenoxy) is 1. The third kappa shape index (κ3) is 11.2. The van der Waals surface area contributed by atoms with Crippen LogP contribution in [0.4, 0.5) is 0 Å². The van der Waals surface area contributed by atoms with Crippen LogP contribution in [0.3, 0.4) is 0 Å². The topological polar surface area (TPSA) is 88.5 Å². The number of pyridine rings is 1. The van der Waals surface area contributed by atoms with Crippen molar-refractivity contribution in [1.29, 1.82) is 0 Å². The Labute approximate surface area is 143 Å². The zero-order chi connectivity index (χ0) is 16.3. The molecule has 1 heterocycles. The first-order valence-corrected chi connectivity index (χ1v) is 10.8. The van der Waals surface area contributed by atoms with E-state index in [9.17, 15) is 8.42 Å². The molecule has 0 spiro atoms. The van der Waals surface area contributed by atoms with E-state index in [2.05, 4.69) is 26.2 Å². The molecular weight excluding hydrogens is 392 g/mol. The van der Waals surface area contributed by atoms with Crippen LogP contribution in [-0.4, -0.2) is 43.4 Å². The molecule has 0 bridgehead atoms. The lowest BCUT2D eigenvalue weighted by molar-refractivity contribution is 0.293. The van der Waals surface area contributed by atoms with Crippen molar-refractivity contribution in [3.05, 3.63) is 22.8 Å². The summed E-state index contributed by atoms with van der Waals surface area (Å²) in [6.07, 6.45) is 5.90. The molecule has 0 amide bonds. The molecule has 1 aromatic heterocycles. The highest BCUT2D eigenvalue weighted by molar-refractivity contribution is 9.10. The zero-order valence-electron chi connectivity index (χ0n) is 12.2. The van der Waals surface area contributed by atoms with Crippen molar-refractivity contribution in [2.45, 2.75) is 25.7 Å². The molecule has 0 saturated carbocycles. The van der Waals surface area contributed by atoms with Crippen LogP contribution in [0.2, 0.25) is 0 Å². The average molecular weight is 413 g/mol. The van der Waals surface area contributed by atoms with Gasteiger partial charge in [0.05, 0.1) is 6.61 Å². The van der Waals surface area contributed by atoms with Gasteiger partial charge in [-0.1, -0.05) is 12.8 Å². The molecule has 0 unspecified atom stereocenters. The van der Waals surface area contributed by atoms with Gasteiger partial charge < -0.3 is 10.1 Å². The first kappa shape index (κ1) is 19.7. The minimum atomic E-state index is -3.90. The largest absolute Gasteiger partial charge is 0.478 e. The van der Waals surface area contributed by atoms with E-state index in [1.165, 1.54) is 0 Å². The van der Waals surface area contributed by atoms with Gasteiger partial charge in [-0.25, -0.2) is 4.98 Å². The number of hydrogen-bond donors (Lipinski definition) is 2. The van der Waals surface area contributed by atoms with E-state index in [1.54, 1.807) is 6.20 Å². The maximum Gasteiger partial charge on any atom is 0.319 e. The molecule has 0 aliphatic rings. The van der Waals surface area contributed by atoms with Crippen molar-refractivity contribution >= 4 is 35.9 Å². The second-order valence-electron chi connectivity index (χ2n) is 4.58. The Balaban J connectivity index is 1.86. The maximum atomic E-state index is 10.5. The molecule has 126 valence electrons. The number of halogens is 1. The molecule has 1 rings (SSSR count). The minimum Gasteiger partial charge on any atom is -0.478 e. The first-order valence-electron chi connectivity index (χ1n) is 7.04. The molecule has 0 aromatic carbocycles. The van der Waals surface area contributed by atoms with Crippen LogP contribution >= 0.6 is 26.7 Å². The Morgan fingerprint density at radius 3 is 2.68 bits per heavy atom. The number of unbranched alkanes of at least 4 members (excludes halogenated alkanes) is 3. The summed E-state index contributed by atoms with van der Waals surface area (Å²) in [6.45, 7) is 2.08. The Kier molecular flexibility index (Phi) is 10.1. The number of rotatable bonds is 12. The molecule has 22 heavy (non-hydrogen) atoms. The van der Waals surface area contributed by atoms with Crippen LogP contribution < -0.4 is 10.1 Å². The quantitative estimate of drug-likeness (QED) is 0.309. The highest BCUT2D eigenvalue weighted by Crippen LogP contribution is 2.12. The summed E-state index contributed by atoms with van der Waals surface area (Å²) < 4.78 is 35.9. The molecule has 0 aliphatic heterocycles. The fourth-order valence-corrected chi connectivity index (χ4v) is 3.23. The summed E-state index contributed by atoms with van der Waals surface area (Å²) in [5, 5.41) is 3.14. The summed E-state index contributed by atoms with van der Waals surface area (Å²) in [4.78, 5) is 4.13. The van der Waals surface area contributed by atoms with Gasteiger partial charge in [-0.05, 0) is 52.2 Å². The number of nitrogens with one attached hydrogen (secondary N) is 1. The lowest BCUT2D eigenvalue weighted by Gasteiger charge is -2.06. The van der Waals surface area contributed by atoms with E-state index in [1.807, 2.05) is 12.1 Å². The van der Waals surface area contributed by atoms with Gasteiger partial charge in [0.15, 0.2) is 0 Å². The Morgan fingerprint density at radius 2 is 2.00 bits per heavy atom. The van der Waals surface area contributed by atoms with Crippen molar-refractivity contribution < 1.29 is 17.7 Å². The molecule has 9 heteroatoms. The molecular formula is C13H21BrN2O4S2. The molecule has 0 saturated heterocycles. The smallest absolute Gasteiger partial charge is 0.319 e. The molecule has 2 N–H and O–H groups in total. The fraction of sp³-hybridized carbons (Fsp3) is 0.615. The zero-order valence-corrected chi connectivity index (χ0v) is 15.4. The predicted octanol–water partition coefficient (Wildman–Crippen LogP) is 2.91. The SMILES string of the molecule is O=S(=O)(O)SCCNCCCCCCOc1ccc(Br)cn1. The lowest BCUT2D eigenvalue weighted by atomic mass is 10.2. The van der Waals surface area contributed by atoms with Gasteiger partial charge in [-0.2, -0.15) is 8.42 Å². The highest BCUT2D eigenvalue weighted by atomic mass is 79.9. The van der Waals surface area contributed by atoms with E-state index >= 15 is 0 Å². The predicted molar refractivity (Wildman–Crippen MR) is 92.8 cm³/mol. The Bertz CT molecular complexity index is 511. The number of aromatic nitrogens is 1. The van der Waals surface area contributed by atoms with Crippen LogP contribution in [0.1, 0.15) is 25.7 Å². The summed E-state index contributed by atoms with van der Waals surface area (Å²) in [5.74, 6) is 0.994. The van der Waals surface area contributed by atoms with E-state index in [4.69, 9.17) is 9.29 Å². The van der Waals surface area contributed by atoms with Crippen molar-refractivity contribution in [2.75, 3.05) is 25.4 Å². The molecule has 1 aromatic rings. The Hall–Kier alpha value is -0.350. The van der Waals surface area contributed by atoms with Crippen molar-refractivity contribution in [3.63, 3.8) is 0 Å². The fourth-order valence-electron chi connectivity index (χ4n) is 1.67. The van der Waals surface area contributed by atoms with Crippen LogP contribution in [0, 0.1) is 0 Å². The van der Waals surface area contributed by atoms with Gasteiger partial charge in [0.1, 0.15) is 0 Å². The van der Waals surface area contributed by atoms with Gasteiger partial charge in [-0.15, -0.1) is 0 Å². The van der Waals surface area contributed by atoms with Crippen LogP contribution in [-0.2, 0) is 9.15 Å². The standard InChI is InChI=1S/C13H21BrN2O4S2/c14-12-5-6-13(16-11-12)20-9-4-2-1-3-7-15-8-10-21-22(17,18)19/h5-6,11,15H,1-4,7-10H2,(H,17,18,19). The van der Waals surface area contributed by atoms with E-state index in [-0.39, 0.29) is 0 Å². The van der Waals surface area contributed by atoms with Crippen LogP contribution in [0.5, 0.6) is 5.88 Å². The molecule has 0 aliphatic carbocycles.